The maximum Gasteiger partial charge on any atom is 0.223 e. The highest BCUT2D eigenvalue weighted by molar-refractivity contribution is 5.78. The Morgan fingerprint density at radius 2 is 1.81 bits per heavy atom. The van der Waals surface area contributed by atoms with Crippen LogP contribution < -0.4 is 0 Å². The van der Waals surface area contributed by atoms with Crippen LogP contribution >= 0.6 is 0 Å². The van der Waals surface area contributed by atoms with E-state index in [-0.39, 0.29) is 0 Å². The molecule has 0 radical (unpaired) electrons. The van der Waals surface area contributed by atoms with Gasteiger partial charge in [0.05, 0.1) is 0 Å². The monoisotopic (exact) mass is 354 g/mol. The van der Waals surface area contributed by atoms with E-state index in [1.54, 1.807) is 0 Å². The Labute approximate surface area is 156 Å². The SMILES string of the molecule is O=C1CCCN1CC[C@H]1CCCCN1C(=O)CC1Cc2ccccc2C1. The number of piperidine rings is 1. The van der Waals surface area contributed by atoms with Crippen LogP contribution in [-0.4, -0.2) is 47.3 Å². The third-order valence-corrected chi connectivity index (χ3v) is 6.45. The highest BCUT2D eigenvalue weighted by Gasteiger charge is 2.31. The van der Waals surface area contributed by atoms with Crippen molar-refractivity contribution in [3.05, 3.63) is 35.4 Å². The quantitative estimate of drug-likeness (QED) is 0.815. The fraction of sp³-hybridized carbons (Fsp3) is 0.636. The molecule has 2 fully saturated rings. The summed E-state index contributed by atoms with van der Waals surface area (Å²) in [6.45, 7) is 2.62. The molecule has 2 heterocycles. The normalized spacial score (nSPS) is 23.5. The zero-order chi connectivity index (χ0) is 17.9. The summed E-state index contributed by atoms with van der Waals surface area (Å²) in [5.41, 5.74) is 2.85. The van der Waals surface area contributed by atoms with Crippen molar-refractivity contribution < 1.29 is 9.59 Å². The van der Waals surface area contributed by atoms with E-state index in [9.17, 15) is 9.59 Å². The zero-order valence-electron chi connectivity index (χ0n) is 15.7. The highest BCUT2D eigenvalue weighted by Crippen LogP contribution is 2.30. The molecule has 4 nitrogen and oxygen atoms in total. The average molecular weight is 354 g/mol. The fourth-order valence-corrected chi connectivity index (χ4v) is 5.03. The first-order valence-corrected chi connectivity index (χ1v) is 10.3. The number of amides is 2. The van der Waals surface area contributed by atoms with E-state index >= 15 is 0 Å². The van der Waals surface area contributed by atoms with Gasteiger partial charge in [-0.15, -0.1) is 0 Å². The maximum atomic E-state index is 13.0. The number of fused-ring (bicyclic) bond motifs is 1. The second-order valence-electron chi connectivity index (χ2n) is 8.26. The second kappa shape index (κ2) is 7.81. The van der Waals surface area contributed by atoms with Gasteiger partial charge in [0.15, 0.2) is 0 Å². The van der Waals surface area contributed by atoms with Crippen LogP contribution in [0.1, 0.15) is 56.1 Å². The molecule has 1 aliphatic carbocycles. The smallest absolute Gasteiger partial charge is 0.223 e. The highest BCUT2D eigenvalue weighted by atomic mass is 16.2. The molecule has 2 aliphatic heterocycles. The zero-order valence-corrected chi connectivity index (χ0v) is 15.7. The van der Waals surface area contributed by atoms with E-state index in [4.69, 9.17) is 0 Å². The summed E-state index contributed by atoms with van der Waals surface area (Å²) >= 11 is 0. The summed E-state index contributed by atoms with van der Waals surface area (Å²) in [7, 11) is 0. The number of nitrogens with zero attached hydrogens (tertiary/aromatic N) is 2. The molecule has 2 saturated heterocycles. The Kier molecular flexibility index (Phi) is 5.28. The van der Waals surface area contributed by atoms with E-state index in [1.807, 2.05) is 4.90 Å². The van der Waals surface area contributed by atoms with Crippen LogP contribution in [0.4, 0.5) is 0 Å². The van der Waals surface area contributed by atoms with Gasteiger partial charge in [0.1, 0.15) is 0 Å². The Morgan fingerprint density at radius 3 is 2.50 bits per heavy atom. The largest absolute Gasteiger partial charge is 0.343 e. The number of hydrogen-bond acceptors (Lipinski definition) is 2. The molecule has 0 unspecified atom stereocenters. The molecule has 1 atom stereocenters. The van der Waals surface area contributed by atoms with Gasteiger partial charge in [0.25, 0.3) is 0 Å². The third kappa shape index (κ3) is 3.79. The van der Waals surface area contributed by atoms with Crippen LogP contribution in [0.2, 0.25) is 0 Å². The molecule has 1 aromatic rings. The van der Waals surface area contributed by atoms with Crippen molar-refractivity contribution in [1.29, 1.82) is 0 Å². The van der Waals surface area contributed by atoms with Gasteiger partial charge in [0.2, 0.25) is 11.8 Å². The van der Waals surface area contributed by atoms with Gasteiger partial charge in [-0.1, -0.05) is 24.3 Å². The first-order valence-electron chi connectivity index (χ1n) is 10.3. The van der Waals surface area contributed by atoms with Gasteiger partial charge < -0.3 is 9.80 Å². The van der Waals surface area contributed by atoms with Crippen LogP contribution in [0.5, 0.6) is 0 Å². The topological polar surface area (TPSA) is 40.6 Å². The summed E-state index contributed by atoms with van der Waals surface area (Å²) in [5.74, 6) is 1.09. The summed E-state index contributed by atoms with van der Waals surface area (Å²) in [6, 6.07) is 8.94. The molecule has 26 heavy (non-hydrogen) atoms. The first-order chi connectivity index (χ1) is 12.7. The molecule has 0 spiro atoms. The molecule has 3 aliphatic rings. The van der Waals surface area contributed by atoms with Crippen molar-refractivity contribution in [2.45, 2.75) is 63.8 Å². The Balaban J connectivity index is 1.32. The van der Waals surface area contributed by atoms with Gasteiger partial charge in [-0.3, -0.25) is 9.59 Å². The van der Waals surface area contributed by atoms with Crippen molar-refractivity contribution in [1.82, 2.24) is 9.80 Å². The van der Waals surface area contributed by atoms with Crippen molar-refractivity contribution in [3.8, 4) is 0 Å². The molecule has 1 aromatic carbocycles. The third-order valence-electron chi connectivity index (χ3n) is 6.45. The van der Waals surface area contributed by atoms with E-state index in [1.165, 1.54) is 17.5 Å². The van der Waals surface area contributed by atoms with Gasteiger partial charge in [-0.05, 0) is 62.0 Å². The Morgan fingerprint density at radius 1 is 1.04 bits per heavy atom. The Hall–Kier alpha value is -1.84. The molecule has 140 valence electrons. The lowest BCUT2D eigenvalue weighted by atomic mass is 9.96. The predicted molar refractivity (Wildman–Crippen MR) is 102 cm³/mol. The first kappa shape index (κ1) is 17.6. The summed E-state index contributed by atoms with van der Waals surface area (Å²) in [6.07, 6.45) is 8.83. The lowest BCUT2D eigenvalue weighted by Crippen LogP contribution is -2.45. The van der Waals surface area contributed by atoms with Crippen LogP contribution in [0.3, 0.4) is 0 Å². The molecular formula is C22H30N2O2. The van der Waals surface area contributed by atoms with Crippen molar-refractivity contribution in [2.75, 3.05) is 19.6 Å². The number of carbonyl (C=O) groups excluding carboxylic acids is 2. The van der Waals surface area contributed by atoms with Crippen molar-refractivity contribution >= 4 is 11.8 Å². The fourth-order valence-electron chi connectivity index (χ4n) is 5.03. The van der Waals surface area contributed by atoms with E-state index in [0.29, 0.717) is 36.6 Å². The van der Waals surface area contributed by atoms with Crippen LogP contribution in [0.25, 0.3) is 0 Å². The average Bonchev–Trinajstić information content (AvgIpc) is 3.25. The molecule has 0 saturated carbocycles. The molecule has 0 bridgehead atoms. The summed E-state index contributed by atoms with van der Waals surface area (Å²) < 4.78 is 0. The minimum Gasteiger partial charge on any atom is -0.343 e. The minimum absolute atomic E-state index is 0.294. The van der Waals surface area contributed by atoms with Gasteiger partial charge in [-0.2, -0.15) is 0 Å². The number of likely N-dealkylation sites (tertiary alicyclic amines) is 2. The van der Waals surface area contributed by atoms with Crippen LogP contribution in [0.15, 0.2) is 24.3 Å². The lowest BCUT2D eigenvalue weighted by Gasteiger charge is -2.37. The molecule has 0 aromatic heterocycles. The molecule has 0 N–H and O–H groups in total. The van der Waals surface area contributed by atoms with E-state index < -0.39 is 0 Å². The molecule has 2 amide bonds. The van der Waals surface area contributed by atoms with Crippen molar-refractivity contribution in [3.63, 3.8) is 0 Å². The second-order valence-corrected chi connectivity index (χ2v) is 8.26. The predicted octanol–water partition coefficient (Wildman–Crippen LogP) is 3.19. The van der Waals surface area contributed by atoms with Crippen LogP contribution in [0, 0.1) is 5.92 Å². The molecule has 4 heteroatoms. The molecular weight excluding hydrogens is 324 g/mol. The number of rotatable bonds is 5. The standard InChI is InChI=1S/C22H30N2O2/c25-21-9-5-11-23(21)13-10-20-8-3-4-12-24(20)22(26)16-17-14-18-6-1-2-7-19(18)15-17/h1-2,6-7,17,20H,3-5,8-16H2/t20-/m1/s1. The summed E-state index contributed by atoms with van der Waals surface area (Å²) in [4.78, 5) is 29.0. The summed E-state index contributed by atoms with van der Waals surface area (Å²) in [5, 5.41) is 0. The van der Waals surface area contributed by atoms with Crippen molar-refractivity contribution in [2.24, 2.45) is 5.92 Å². The van der Waals surface area contributed by atoms with E-state index in [0.717, 1.165) is 58.2 Å². The van der Waals surface area contributed by atoms with Crippen LogP contribution in [-0.2, 0) is 22.4 Å². The van der Waals surface area contributed by atoms with Gasteiger partial charge in [0, 0.05) is 38.5 Å². The number of benzene rings is 1. The number of hydrogen-bond donors (Lipinski definition) is 0. The maximum absolute atomic E-state index is 13.0. The number of carbonyl (C=O) groups is 2. The minimum atomic E-state index is 0.294. The van der Waals surface area contributed by atoms with Gasteiger partial charge >= 0.3 is 0 Å². The van der Waals surface area contributed by atoms with E-state index in [2.05, 4.69) is 29.2 Å². The molecule has 4 rings (SSSR count). The lowest BCUT2D eigenvalue weighted by molar-refractivity contribution is -0.136. The Bertz CT molecular complexity index is 647. The van der Waals surface area contributed by atoms with Gasteiger partial charge in [-0.25, -0.2) is 0 Å².